The number of hydrogen-bond donors (Lipinski definition) is 1. The number of benzene rings is 1. The van der Waals surface area contributed by atoms with E-state index in [9.17, 15) is 0 Å². The molecule has 100 valence electrons. The molecule has 0 saturated heterocycles. The lowest BCUT2D eigenvalue weighted by Crippen LogP contribution is -2.12. The van der Waals surface area contributed by atoms with Crippen LogP contribution in [0.4, 0.5) is 0 Å². The zero-order chi connectivity index (χ0) is 13.9. The first-order chi connectivity index (χ1) is 9.00. The number of ether oxygens (including phenoxy) is 1. The summed E-state index contributed by atoms with van der Waals surface area (Å²) in [6.45, 7) is 6.94. The number of rotatable bonds is 3. The van der Waals surface area contributed by atoms with Crippen molar-refractivity contribution in [1.29, 1.82) is 0 Å². The van der Waals surface area contributed by atoms with E-state index < -0.39 is 0 Å². The number of nitrogens with zero attached hydrogens (tertiary/aromatic N) is 1. The standard InChI is InChI=1S/C16H20N2O/c1-16(2,3)14-6-4-5-7-15(14)19-13-8-9-18-12(10-13)11-17/h4-10H,11,17H2,1-3H3. The quantitative estimate of drug-likeness (QED) is 0.912. The molecule has 0 atom stereocenters. The fraction of sp³-hybridized carbons (Fsp3) is 0.312. The fourth-order valence-electron chi connectivity index (χ4n) is 1.93. The average molecular weight is 256 g/mol. The Morgan fingerprint density at radius 1 is 1.16 bits per heavy atom. The molecule has 3 heteroatoms. The molecule has 1 aromatic heterocycles. The van der Waals surface area contributed by atoms with Crippen molar-refractivity contribution < 1.29 is 4.74 Å². The number of pyridine rings is 1. The van der Waals surface area contributed by atoms with E-state index in [2.05, 4.69) is 31.8 Å². The molecule has 0 spiro atoms. The fourth-order valence-corrected chi connectivity index (χ4v) is 1.93. The summed E-state index contributed by atoms with van der Waals surface area (Å²) in [4.78, 5) is 4.17. The molecule has 3 nitrogen and oxygen atoms in total. The molecule has 0 unspecified atom stereocenters. The van der Waals surface area contributed by atoms with Gasteiger partial charge in [0.15, 0.2) is 0 Å². The van der Waals surface area contributed by atoms with Crippen molar-refractivity contribution in [1.82, 2.24) is 4.98 Å². The lowest BCUT2D eigenvalue weighted by atomic mass is 9.86. The summed E-state index contributed by atoms with van der Waals surface area (Å²) in [6.07, 6.45) is 1.72. The van der Waals surface area contributed by atoms with Crippen molar-refractivity contribution in [3.63, 3.8) is 0 Å². The van der Waals surface area contributed by atoms with E-state index in [1.165, 1.54) is 5.56 Å². The second-order valence-electron chi connectivity index (χ2n) is 5.54. The van der Waals surface area contributed by atoms with Crippen LogP contribution in [0.2, 0.25) is 0 Å². The highest BCUT2D eigenvalue weighted by Gasteiger charge is 2.18. The largest absolute Gasteiger partial charge is 0.457 e. The van der Waals surface area contributed by atoms with Gasteiger partial charge in [-0.1, -0.05) is 39.0 Å². The SMILES string of the molecule is CC(C)(C)c1ccccc1Oc1ccnc(CN)c1. The smallest absolute Gasteiger partial charge is 0.131 e. The Balaban J connectivity index is 2.33. The number of aromatic nitrogens is 1. The molecule has 0 radical (unpaired) electrons. The summed E-state index contributed by atoms with van der Waals surface area (Å²) in [7, 11) is 0. The van der Waals surface area contributed by atoms with Crippen LogP contribution < -0.4 is 10.5 Å². The summed E-state index contributed by atoms with van der Waals surface area (Å²) in [6, 6.07) is 11.8. The lowest BCUT2D eigenvalue weighted by molar-refractivity contribution is 0.454. The molecular weight excluding hydrogens is 236 g/mol. The van der Waals surface area contributed by atoms with Crippen LogP contribution in [0.5, 0.6) is 11.5 Å². The van der Waals surface area contributed by atoms with Gasteiger partial charge in [0.25, 0.3) is 0 Å². The van der Waals surface area contributed by atoms with Gasteiger partial charge in [0.1, 0.15) is 11.5 Å². The van der Waals surface area contributed by atoms with Crippen LogP contribution in [0.15, 0.2) is 42.6 Å². The average Bonchev–Trinajstić information content (AvgIpc) is 2.38. The number of para-hydroxylation sites is 1. The van der Waals surface area contributed by atoms with Gasteiger partial charge in [-0.2, -0.15) is 0 Å². The summed E-state index contributed by atoms with van der Waals surface area (Å²) < 4.78 is 5.98. The third kappa shape index (κ3) is 3.32. The van der Waals surface area contributed by atoms with Crippen molar-refractivity contribution >= 4 is 0 Å². The Bertz CT molecular complexity index is 559. The van der Waals surface area contributed by atoms with E-state index in [0.29, 0.717) is 6.54 Å². The maximum Gasteiger partial charge on any atom is 0.131 e. The predicted octanol–water partition coefficient (Wildman–Crippen LogP) is 3.63. The van der Waals surface area contributed by atoms with Crippen molar-refractivity contribution in [3.05, 3.63) is 53.9 Å². The maximum absolute atomic E-state index is 5.98. The topological polar surface area (TPSA) is 48.1 Å². The zero-order valence-electron chi connectivity index (χ0n) is 11.7. The van der Waals surface area contributed by atoms with Crippen LogP contribution in [0.25, 0.3) is 0 Å². The molecule has 0 saturated carbocycles. The Morgan fingerprint density at radius 3 is 2.58 bits per heavy atom. The second-order valence-corrected chi connectivity index (χ2v) is 5.54. The summed E-state index contributed by atoms with van der Waals surface area (Å²) in [5.74, 6) is 1.65. The summed E-state index contributed by atoms with van der Waals surface area (Å²) >= 11 is 0. The molecule has 2 N–H and O–H groups in total. The third-order valence-electron chi connectivity index (χ3n) is 2.92. The molecular formula is C16H20N2O. The van der Waals surface area contributed by atoms with Crippen LogP contribution in [0, 0.1) is 0 Å². The summed E-state index contributed by atoms with van der Waals surface area (Å²) in [5.41, 5.74) is 7.64. The maximum atomic E-state index is 5.98. The predicted molar refractivity (Wildman–Crippen MR) is 77.3 cm³/mol. The molecule has 0 amide bonds. The minimum absolute atomic E-state index is 0.0420. The Labute approximate surface area is 114 Å². The molecule has 19 heavy (non-hydrogen) atoms. The second kappa shape index (κ2) is 5.41. The monoisotopic (exact) mass is 256 g/mol. The van der Waals surface area contributed by atoms with Gasteiger partial charge >= 0.3 is 0 Å². The molecule has 0 fully saturated rings. The minimum atomic E-state index is 0.0420. The van der Waals surface area contributed by atoms with Crippen molar-refractivity contribution in [2.24, 2.45) is 5.73 Å². The first-order valence-electron chi connectivity index (χ1n) is 6.43. The van der Waals surface area contributed by atoms with Crippen LogP contribution >= 0.6 is 0 Å². The van der Waals surface area contributed by atoms with Gasteiger partial charge in [-0.25, -0.2) is 0 Å². The van der Waals surface area contributed by atoms with E-state index in [1.54, 1.807) is 6.20 Å². The number of nitrogens with two attached hydrogens (primary N) is 1. The highest BCUT2D eigenvalue weighted by atomic mass is 16.5. The summed E-state index contributed by atoms with van der Waals surface area (Å²) in [5, 5.41) is 0. The van der Waals surface area contributed by atoms with E-state index in [4.69, 9.17) is 10.5 Å². The van der Waals surface area contributed by atoms with Crippen LogP contribution in [-0.4, -0.2) is 4.98 Å². The third-order valence-corrected chi connectivity index (χ3v) is 2.92. The minimum Gasteiger partial charge on any atom is -0.457 e. The molecule has 1 aromatic carbocycles. The van der Waals surface area contributed by atoms with E-state index >= 15 is 0 Å². The molecule has 0 aliphatic heterocycles. The first-order valence-corrected chi connectivity index (χ1v) is 6.43. The first kappa shape index (κ1) is 13.6. The van der Waals surface area contributed by atoms with Gasteiger partial charge in [-0.05, 0) is 17.5 Å². The normalized spacial score (nSPS) is 11.4. The number of hydrogen-bond acceptors (Lipinski definition) is 3. The van der Waals surface area contributed by atoms with Crippen LogP contribution in [-0.2, 0) is 12.0 Å². The van der Waals surface area contributed by atoms with Crippen LogP contribution in [0.1, 0.15) is 32.0 Å². The van der Waals surface area contributed by atoms with Crippen LogP contribution in [0.3, 0.4) is 0 Å². The van der Waals surface area contributed by atoms with Gasteiger partial charge in [-0.3, -0.25) is 4.98 Å². The van der Waals surface area contributed by atoms with Crippen molar-refractivity contribution in [2.75, 3.05) is 0 Å². The Morgan fingerprint density at radius 2 is 1.89 bits per heavy atom. The van der Waals surface area contributed by atoms with E-state index in [-0.39, 0.29) is 5.41 Å². The van der Waals surface area contributed by atoms with Crippen molar-refractivity contribution in [2.45, 2.75) is 32.7 Å². The molecule has 0 aliphatic rings. The highest BCUT2D eigenvalue weighted by Crippen LogP contribution is 2.33. The molecule has 2 rings (SSSR count). The lowest BCUT2D eigenvalue weighted by Gasteiger charge is -2.22. The Kier molecular flexibility index (Phi) is 3.86. The van der Waals surface area contributed by atoms with Gasteiger partial charge in [0.05, 0.1) is 5.69 Å². The van der Waals surface area contributed by atoms with Gasteiger partial charge in [0.2, 0.25) is 0 Å². The van der Waals surface area contributed by atoms with Gasteiger partial charge in [0, 0.05) is 24.4 Å². The highest BCUT2D eigenvalue weighted by molar-refractivity contribution is 5.41. The van der Waals surface area contributed by atoms with Crippen molar-refractivity contribution in [3.8, 4) is 11.5 Å². The van der Waals surface area contributed by atoms with Gasteiger partial charge < -0.3 is 10.5 Å². The van der Waals surface area contributed by atoms with Gasteiger partial charge in [-0.15, -0.1) is 0 Å². The Hall–Kier alpha value is -1.87. The zero-order valence-corrected chi connectivity index (χ0v) is 11.7. The molecule has 0 aliphatic carbocycles. The van der Waals surface area contributed by atoms with E-state index in [0.717, 1.165) is 17.2 Å². The molecule has 1 heterocycles. The van der Waals surface area contributed by atoms with E-state index in [1.807, 2.05) is 30.3 Å². The molecule has 0 bridgehead atoms. The molecule has 2 aromatic rings.